The molecule has 3 rings (SSSR count). The van der Waals surface area contributed by atoms with E-state index in [4.69, 9.17) is 16.3 Å². The molecule has 7 heteroatoms. The van der Waals surface area contributed by atoms with Gasteiger partial charge in [0.15, 0.2) is 5.75 Å². The zero-order valence-electron chi connectivity index (χ0n) is 13.0. The summed E-state index contributed by atoms with van der Waals surface area (Å²) in [6.07, 6.45) is 0.600. The number of nitrogens with one attached hydrogen (secondary N) is 1. The minimum absolute atomic E-state index is 0.265. The first-order chi connectivity index (χ1) is 11.0. The molecule has 2 heterocycles. The fourth-order valence-corrected chi connectivity index (χ4v) is 2.90. The second kappa shape index (κ2) is 5.62. The van der Waals surface area contributed by atoms with E-state index in [0.29, 0.717) is 39.5 Å². The summed E-state index contributed by atoms with van der Waals surface area (Å²) < 4.78 is 6.71. The van der Waals surface area contributed by atoms with Gasteiger partial charge in [0.1, 0.15) is 11.4 Å². The molecule has 0 bridgehead atoms. The lowest BCUT2D eigenvalue weighted by atomic mass is 10.1. The van der Waals surface area contributed by atoms with Crippen LogP contribution in [0.15, 0.2) is 23.0 Å². The number of pyridine rings is 1. The number of aromatic hydroxyl groups is 1. The van der Waals surface area contributed by atoms with Crippen molar-refractivity contribution in [3.63, 3.8) is 0 Å². The van der Waals surface area contributed by atoms with Gasteiger partial charge in [0.2, 0.25) is 5.43 Å². The van der Waals surface area contributed by atoms with Crippen molar-refractivity contribution in [2.75, 3.05) is 7.11 Å². The minimum atomic E-state index is -0.453. The first kappa shape index (κ1) is 15.4. The molecule has 120 valence electrons. The fraction of sp³-hybridized carbons (Fsp3) is 0.250. The van der Waals surface area contributed by atoms with E-state index >= 15 is 0 Å². The highest BCUT2D eigenvalue weighted by Crippen LogP contribution is 2.34. The van der Waals surface area contributed by atoms with Crippen LogP contribution in [0, 0.1) is 0 Å². The van der Waals surface area contributed by atoms with Gasteiger partial charge in [0, 0.05) is 12.6 Å². The Bertz CT molecular complexity index is 959. The Kier molecular flexibility index (Phi) is 3.77. The zero-order chi connectivity index (χ0) is 16.7. The standard InChI is InChI=1S/C16H16ClN3O3/c1-4-11-12-14(21)15(22)13(18-16(12)20(2)19-11)9-6-5-8(23-3)7-10(9)17/h5-7,22H,4H2,1-3H3,(H,18,21). The third kappa shape index (κ3) is 2.35. The Morgan fingerprint density at radius 1 is 1.43 bits per heavy atom. The Balaban J connectivity index is 2.33. The van der Waals surface area contributed by atoms with Crippen LogP contribution < -0.4 is 10.2 Å². The minimum Gasteiger partial charge on any atom is -0.503 e. The highest BCUT2D eigenvalue weighted by Gasteiger charge is 2.20. The number of benzene rings is 1. The predicted molar refractivity (Wildman–Crippen MR) is 89.4 cm³/mol. The van der Waals surface area contributed by atoms with Crippen LogP contribution in [0.5, 0.6) is 11.5 Å². The van der Waals surface area contributed by atoms with Crippen LogP contribution >= 0.6 is 11.6 Å². The molecule has 0 aliphatic rings. The molecule has 0 unspecified atom stereocenters. The second-order valence-electron chi connectivity index (χ2n) is 5.17. The van der Waals surface area contributed by atoms with Crippen LogP contribution in [-0.4, -0.2) is 27.0 Å². The molecule has 0 saturated carbocycles. The lowest BCUT2D eigenvalue weighted by Crippen LogP contribution is -2.06. The summed E-state index contributed by atoms with van der Waals surface area (Å²) >= 11 is 6.25. The average Bonchev–Trinajstić information content (AvgIpc) is 2.87. The molecule has 2 N–H and O–H groups in total. The summed E-state index contributed by atoms with van der Waals surface area (Å²) in [5.41, 5.74) is 1.52. The van der Waals surface area contributed by atoms with Crippen molar-refractivity contribution in [2.45, 2.75) is 13.3 Å². The summed E-state index contributed by atoms with van der Waals surface area (Å²) in [5.74, 6) is 0.225. The van der Waals surface area contributed by atoms with E-state index in [1.807, 2.05) is 6.92 Å². The molecule has 0 amide bonds. The van der Waals surface area contributed by atoms with Crippen molar-refractivity contribution >= 4 is 22.6 Å². The summed E-state index contributed by atoms with van der Waals surface area (Å²) in [7, 11) is 3.28. The van der Waals surface area contributed by atoms with Crippen molar-refractivity contribution in [1.82, 2.24) is 14.8 Å². The molecule has 2 aromatic heterocycles. The molecule has 0 fully saturated rings. The van der Waals surface area contributed by atoms with Gasteiger partial charge >= 0.3 is 0 Å². The molecule has 1 aromatic carbocycles. The van der Waals surface area contributed by atoms with Gasteiger partial charge in [-0.2, -0.15) is 5.10 Å². The number of aryl methyl sites for hydroxylation is 2. The number of methoxy groups -OCH3 is 1. The van der Waals surface area contributed by atoms with E-state index in [2.05, 4.69) is 10.1 Å². The number of aromatic amines is 1. The van der Waals surface area contributed by atoms with Crippen molar-refractivity contribution in [1.29, 1.82) is 0 Å². The molecule has 3 aromatic rings. The number of rotatable bonds is 3. The molecule has 0 spiro atoms. The van der Waals surface area contributed by atoms with Crippen LogP contribution in [0.2, 0.25) is 5.02 Å². The highest BCUT2D eigenvalue weighted by atomic mass is 35.5. The summed E-state index contributed by atoms with van der Waals surface area (Å²) in [4.78, 5) is 15.6. The van der Waals surface area contributed by atoms with Crippen LogP contribution in [0.25, 0.3) is 22.3 Å². The van der Waals surface area contributed by atoms with Gasteiger partial charge in [0.05, 0.1) is 28.9 Å². The summed E-state index contributed by atoms with van der Waals surface area (Å²) in [5, 5.41) is 15.4. The highest BCUT2D eigenvalue weighted by molar-refractivity contribution is 6.33. The average molecular weight is 334 g/mol. The monoisotopic (exact) mass is 333 g/mol. The molecule has 0 radical (unpaired) electrons. The SMILES string of the molecule is CCc1nn(C)c2[nH]c(-c3ccc(OC)cc3Cl)c(O)c(=O)c12. The number of hydrogen-bond donors (Lipinski definition) is 2. The Hall–Kier alpha value is -2.47. The number of halogens is 1. The van der Waals surface area contributed by atoms with E-state index in [1.165, 1.54) is 0 Å². The second-order valence-corrected chi connectivity index (χ2v) is 5.58. The van der Waals surface area contributed by atoms with Gasteiger partial charge < -0.3 is 14.8 Å². The molecule has 23 heavy (non-hydrogen) atoms. The van der Waals surface area contributed by atoms with E-state index < -0.39 is 5.43 Å². The zero-order valence-corrected chi connectivity index (χ0v) is 13.7. The molecule has 0 atom stereocenters. The van der Waals surface area contributed by atoms with E-state index in [0.717, 1.165) is 0 Å². The maximum Gasteiger partial charge on any atom is 0.235 e. The third-order valence-electron chi connectivity index (χ3n) is 3.82. The van der Waals surface area contributed by atoms with Gasteiger partial charge in [-0.3, -0.25) is 9.48 Å². The molecular formula is C16H16ClN3O3. The first-order valence-corrected chi connectivity index (χ1v) is 7.50. The number of nitrogens with zero attached hydrogens (tertiary/aromatic N) is 2. The Morgan fingerprint density at radius 3 is 2.78 bits per heavy atom. The lowest BCUT2D eigenvalue weighted by molar-refractivity contribution is 0.415. The smallest absolute Gasteiger partial charge is 0.235 e. The molecule has 0 aliphatic heterocycles. The van der Waals surface area contributed by atoms with Crippen molar-refractivity contribution in [3.05, 3.63) is 39.1 Å². The van der Waals surface area contributed by atoms with Crippen molar-refractivity contribution in [3.8, 4) is 22.8 Å². The van der Waals surface area contributed by atoms with Crippen LogP contribution in [-0.2, 0) is 13.5 Å². The molecule has 0 saturated heterocycles. The number of H-pyrrole nitrogens is 1. The van der Waals surface area contributed by atoms with Crippen LogP contribution in [0.4, 0.5) is 0 Å². The molecule has 0 aliphatic carbocycles. The van der Waals surface area contributed by atoms with E-state index in [9.17, 15) is 9.90 Å². The van der Waals surface area contributed by atoms with E-state index in [1.54, 1.807) is 37.0 Å². The van der Waals surface area contributed by atoms with Gasteiger partial charge in [-0.15, -0.1) is 0 Å². The largest absolute Gasteiger partial charge is 0.503 e. The van der Waals surface area contributed by atoms with E-state index in [-0.39, 0.29) is 11.4 Å². The Morgan fingerprint density at radius 2 is 2.17 bits per heavy atom. The fourth-order valence-electron chi connectivity index (χ4n) is 2.64. The summed E-state index contributed by atoms with van der Waals surface area (Å²) in [6, 6.07) is 5.03. The summed E-state index contributed by atoms with van der Waals surface area (Å²) in [6.45, 7) is 1.91. The van der Waals surface area contributed by atoms with Gasteiger partial charge in [0.25, 0.3) is 0 Å². The number of ether oxygens (including phenoxy) is 1. The number of hydrogen-bond acceptors (Lipinski definition) is 4. The maximum absolute atomic E-state index is 12.6. The molecule has 6 nitrogen and oxygen atoms in total. The quantitative estimate of drug-likeness (QED) is 0.772. The van der Waals surface area contributed by atoms with Crippen LogP contribution in [0.1, 0.15) is 12.6 Å². The maximum atomic E-state index is 12.6. The third-order valence-corrected chi connectivity index (χ3v) is 4.14. The Labute approximate surface area is 137 Å². The first-order valence-electron chi connectivity index (χ1n) is 7.12. The predicted octanol–water partition coefficient (Wildman–Crippen LogP) is 2.86. The topological polar surface area (TPSA) is 80.1 Å². The van der Waals surface area contributed by atoms with Crippen molar-refractivity contribution < 1.29 is 9.84 Å². The normalized spacial score (nSPS) is 11.1. The number of fused-ring (bicyclic) bond motifs is 1. The van der Waals surface area contributed by atoms with Gasteiger partial charge in [-0.05, 0) is 24.6 Å². The van der Waals surface area contributed by atoms with Gasteiger partial charge in [-0.1, -0.05) is 18.5 Å². The van der Waals surface area contributed by atoms with Crippen LogP contribution in [0.3, 0.4) is 0 Å². The molecular weight excluding hydrogens is 318 g/mol. The lowest BCUT2D eigenvalue weighted by Gasteiger charge is -2.09. The number of aromatic nitrogens is 3. The van der Waals surface area contributed by atoms with Crippen molar-refractivity contribution in [2.24, 2.45) is 7.05 Å². The van der Waals surface area contributed by atoms with Gasteiger partial charge in [-0.25, -0.2) is 0 Å².